The fourth-order valence-corrected chi connectivity index (χ4v) is 2.11. The van der Waals surface area contributed by atoms with Crippen molar-refractivity contribution >= 4 is 34.7 Å². The van der Waals surface area contributed by atoms with Crippen LogP contribution in [0.25, 0.3) is 0 Å². The quantitative estimate of drug-likeness (QED) is 0.713. The lowest BCUT2D eigenvalue weighted by atomic mass is 10.1. The number of amides is 2. The highest BCUT2D eigenvalue weighted by atomic mass is 16.2. The third-order valence-corrected chi connectivity index (χ3v) is 3.19. The van der Waals surface area contributed by atoms with E-state index >= 15 is 0 Å². The van der Waals surface area contributed by atoms with Crippen LogP contribution in [0.4, 0.5) is 17.1 Å². The van der Waals surface area contributed by atoms with Gasteiger partial charge in [0.25, 0.3) is 0 Å². The van der Waals surface area contributed by atoms with E-state index in [4.69, 9.17) is 0 Å². The second-order valence-corrected chi connectivity index (χ2v) is 5.30. The summed E-state index contributed by atoms with van der Waals surface area (Å²) in [6.45, 7) is 2.98. The van der Waals surface area contributed by atoms with Crippen LogP contribution in [0.5, 0.6) is 0 Å². The van der Waals surface area contributed by atoms with E-state index in [9.17, 15) is 14.4 Å². The van der Waals surface area contributed by atoms with Crippen LogP contribution in [0.1, 0.15) is 24.2 Å². The van der Waals surface area contributed by atoms with Gasteiger partial charge in [0, 0.05) is 29.5 Å². The molecule has 0 saturated heterocycles. The van der Waals surface area contributed by atoms with Crippen molar-refractivity contribution in [2.75, 3.05) is 22.5 Å². The van der Waals surface area contributed by atoms with Crippen molar-refractivity contribution in [3.05, 3.63) is 54.1 Å². The molecule has 0 unspecified atom stereocenters. The molecule has 0 saturated carbocycles. The SMILES string of the molecule is CC(=O)Nc1cccc(NC(=O)CNc2cccc(C(C)=O)c2)c1. The summed E-state index contributed by atoms with van der Waals surface area (Å²) in [6, 6.07) is 13.9. The Bertz CT molecular complexity index is 772. The minimum absolute atomic E-state index is 0.0297. The number of anilines is 3. The molecule has 0 fully saturated rings. The minimum atomic E-state index is -0.233. The summed E-state index contributed by atoms with van der Waals surface area (Å²) < 4.78 is 0. The summed E-state index contributed by atoms with van der Waals surface area (Å²) in [6.07, 6.45) is 0. The van der Waals surface area contributed by atoms with Crippen LogP contribution in [0.3, 0.4) is 0 Å². The number of nitrogens with one attached hydrogen (secondary N) is 3. The molecule has 6 heteroatoms. The van der Waals surface area contributed by atoms with E-state index in [-0.39, 0.29) is 24.1 Å². The van der Waals surface area contributed by atoms with Crippen LogP contribution in [0.15, 0.2) is 48.5 Å². The maximum absolute atomic E-state index is 12.0. The maximum Gasteiger partial charge on any atom is 0.243 e. The van der Waals surface area contributed by atoms with Crippen LogP contribution in [-0.2, 0) is 9.59 Å². The molecule has 2 rings (SSSR count). The van der Waals surface area contributed by atoms with Crippen molar-refractivity contribution in [1.82, 2.24) is 0 Å². The Morgan fingerprint density at radius 1 is 0.833 bits per heavy atom. The molecule has 3 N–H and O–H groups in total. The van der Waals surface area contributed by atoms with E-state index in [1.165, 1.54) is 13.8 Å². The van der Waals surface area contributed by atoms with Crippen molar-refractivity contribution in [3.63, 3.8) is 0 Å². The fraction of sp³-hybridized carbons (Fsp3) is 0.167. The van der Waals surface area contributed by atoms with Gasteiger partial charge in [0.1, 0.15) is 0 Å². The highest BCUT2D eigenvalue weighted by Gasteiger charge is 2.05. The number of rotatable bonds is 6. The number of benzene rings is 2. The first-order valence-corrected chi connectivity index (χ1v) is 7.46. The first-order chi connectivity index (χ1) is 11.4. The van der Waals surface area contributed by atoms with Gasteiger partial charge in [-0.15, -0.1) is 0 Å². The summed E-state index contributed by atoms with van der Waals surface area (Å²) in [5.41, 5.74) is 2.49. The summed E-state index contributed by atoms with van der Waals surface area (Å²) >= 11 is 0. The molecule has 6 nitrogen and oxygen atoms in total. The third-order valence-electron chi connectivity index (χ3n) is 3.19. The van der Waals surface area contributed by atoms with Gasteiger partial charge in [-0.1, -0.05) is 18.2 Å². The molecule has 2 amide bonds. The third kappa shape index (κ3) is 5.24. The van der Waals surface area contributed by atoms with Gasteiger partial charge in [-0.3, -0.25) is 14.4 Å². The van der Waals surface area contributed by atoms with Gasteiger partial charge < -0.3 is 16.0 Å². The van der Waals surface area contributed by atoms with Gasteiger partial charge in [0.15, 0.2) is 5.78 Å². The normalized spacial score (nSPS) is 9.92. The lowest BCUT2D eigenvalue weighted by molar-refractivity contribution is -0.115. The fourth-order valence-electron chi connectivity index (χ4n) is 2.11. The Hall–Kier alpha value is -3.15. The molecule has 2 aromatic carbocycles. The Morgan fingerprint density at radius 2 is 1.46 bits per heavy atom. The topological polar surface area (TPSA) is 87.3 Å². The number of hydrogen-bond donors (Lipinski definition) is 3. The summed E-state index contributed by atoms with van der Waals surface area (Å²) in [4.78, 5) is 34.4. The molecule has 124 valence electrons. The first-order valence-electron chi connectivity index (χ1n) is 7.46. The number of hydrogen-bond acceptors (Lipinski definition) is 4. The molecule has 24 heavy (non-hydrogen) atoms. The van der Waals surface area contributed by atoms with E-state index in [0.717, 1.165) is 0 Å². The van der Waals surface area contributed by atoms with E-state index in [2.05, 4.69) is 16.0 Å². The van der Waals surface area contributed by atoms with Crippen LogP contribution >= 0.6 is 0 Å². The van der Waals surface area contributed by atoms with Gasteiger partial charge in [-0.05, 0) is 37.3 Å². The highest BCUT2D eigenvalue weighted by Crippen LogP contribution is 2.15. The monoisotopic (exact) mass is 325 g/mol. The van der Waals surface area contributed by atoms with Crippen LogP contribution in [0.2, 0.25) is 0 Å². The molecule has 0 aromatic heterocycles. The van der Waals surface area contributed by atoms with Crippen LogP contribution in [0, 0.1) is 0 Å². The standard InChI is InChI=1S/C18H19N3O3/c1-12(22)14-5-3-6-15(9-14)19-11-18(24)21-17-8-4-7-16(10-17)20-13(2)23/h3-10,19H,11H2,1-2H3,(H,20,23)(H,21,24). The average molecular weight is 325 g/mol. The number of ketones is 1. The summed E-state index contributed by atoms with van der Waals surface area (Å²) in [7, 11) is 0. The molecule has 0 atom stereocenters. The van der Waals surface area contributed by atoms with Crippen molar-refractivity contribution in [1.29, 1.82) is 0 Å². The molecule has 0 aliphatic heterocycles. The molecule has 0 bridgehead atoms. The molecular weight excluding hydrogens is 306 g/mol. The van der Waals surface area contributed by atoms with E-state index in [0.29, 0.717) is 22.6 Å². The smallest absolute Gasteiger partial charge is 0.243 e. The highest BCUT2D eigenvalue weighted by molar-refractivity contribution is 5.96. The zero-order valence-electron chi connectivity index (χ0n) is 13.6. The van der Waals surface area contributed by atoms with Gasteiger partial charge in [0.05, 0.1) is 6.54 Å². The Morgan fingerprint density at radius 3 is 2.12 bits per heavy atom. The lowest BCUT2D eigenvalue weighted by Crippen LogP contribution is -2.21. The van der Waals surface area contributed by atoms with E-state index in [1.807, 2.05) is 0 Å². The molecule has 0 heterocycles. The van der Waals surface area contributed by atoms with Crippen molar-refractivity contribution in [3.8, 4) is 0 Å². The van der Waals surface area contributed by atoms with Gasteiger partial charge in [0.2, 0.25) is 11.8 Å². The second-order valence-electron chi connectivity index (χ2n) is 5.30. The molecule has 0 radical (unpaired) electrons. The van der Waals surface area contributed by atoms with Crippen molar-refractivity contribution < 1.29 is 14.4 Å². The second kappa shape index (κ2) is 7.92. The Kier molecular flexibility index (Phi) is 5.68. The average Bonchev–Trinajstić information content (AvgIpc) is 2.53. The van der Waals surface area contributed by atoms with Gasteiger partial charge in [-0.25, -0.2) is 0 Å². The van der Waals surface area contributed by atoms with Gasteiger partial charge >= 0.3 is 0 Å². The lowest BCUT2D eigenvalue weighted by Gasteiger charge is -2.10. The number of Topliss-reactive ketones (excluding diaryl/α,β-unsaturated/α-hetero) is 1. The van der Waals surface area contributed by atoms with Crippen LogP contribution in [-0.4, -0.2) is 24.1 Å². The number of carbonyl (C=O) groups excluding carboxylic acids is 3. The molecule has 0 spiro atoms. The summed E-state index contributed by atoms with van der Waals surface area (Å²) in [5.74, 6) is -0.438. The summed E-state index contributed by atoms with van der Waals surface area (Å²) in [5, 5.41) is 8.37. The van der Waals surface area contributed by atoms with Crippen molar-refractivity contribution in [2.24, 2.45) is 0 Å². The molecule has 0 aliphatic rings. The zero-order chi connectivity index (χ0) is 17.5. The number of carbonyl (C=O) groups is 3. The maximum atomic E-state index is 12.0. The van der Waals surface area contributed by atoms with Crippen molar-refractivity contribution in [2.45, 2.75) is 13.8 Å². The zero-order valence-corrected chi connectivity index (χ0v) is 13.6. The minimum Gasteiger partial charge on any atom is -0.376 e. The molecular formula is C18H19N3O3. The first kappa shape index (κ1) is 17.2. The van der Waals surface area contributed by atoms with Gasteiger partial charge in [-0.2, -0.15) is 0 Å². The molecule has 2 aromatic rings. The Balaban J connectivity index is 1.93. The predicted molar refractivity (Wildman–Crippen MR) is 94.3 cm³/mol. The largest absolute Gasteiger partial charge is 0.376 e. The Labute approximate surface area is 140 Å². The van der Waals surface area contributed by atoms with Crippen LogP contribution < -0.4 is 16.0 Å². The van der Waals surface area contributed by atoms with E-state index in [1.54, 1.807) is 48.5 Å². The molecule has 0 aliphatic carbocycles. The van der Waals surface area contributed by atoms with E-state index < -0.39 is 0 Å². The predicted octanol–water partition coefficient (Wildman–Crippen LogP) is 2.90.